The molecule has 4 aromatic rings. The second-order valence-corrected chi connectivity index (χ2v) is 8.40. The van der Waals surface area contributed by atoms with Crippen LogP contribution in [0.25, 0.3) is 33.5 Å². The number of benzene rings is 3. The Labute approximate surface area is 205 Å². The molecule has 1 aliphatic rings. The number of rotatable bonds is 7. The first-order valence-corrected chi connectivity index (χ1v) is 11.5. The Morgan fingerprint density at radius 3 is 2.42 bits per heavy atom. The standard InChI is InChI=1S/C28H21F3N4O/c29-19-8-5-17(6-9-19)26-27(22-16-20(30)10-11-23(22)31)35-25-15-18(7-12-24(25)34-26)28(36)33-14-2-4-21-3-1-13-32-21/h1,5-13,15-16H,2-4,14H2,(H,33,36). The van der Waals surface area contributed by atoms with Gasteiger partial charge in [-0.3, -0.25) is 9.79 Å². The maximum atomic E-state index is 14.7. The second-order valence-electron chi connectivity index (χ2n) is 8.40. The average Bonchev–Trinajstić information content (AvgIpc) is 3.41. The molecule has 0 radical (unpaired) electrons. The van der Waals surface area contributed by atoms with Crippen LogP contribution in [-0.2, 0) is 0 Å². The zero-order chi connectivity index (χ0) is 25.1. The average molecular weight is 486 g/mol. The molecule has 5 nitrogen and oxygen atoms in total. The lowest BCUT2D eigenvalue weighted by molar-refractivity contribution is 0.0953. The van der Waals surface area contributed by atoms with Crippen LogP contribution in [-0.4, -0.2) is 28.1 Å². The highest BCUT2D eigenvalue weighted by atomic mass is 19.1. The van der Waals surface area contributed by atoms with Gasteiger partial charge in [-0.05, 0) is 73.5 Å². The lowest BCUT2D eigenvalue weighted by atomic mass is 10.0. The van der Waals surface area contributed by atoms with Crippen LogP contribution in [0.3, 0.4) is 0 Å². The van der Waals surface area contributed by atoms with Gasteiger partial charge in [-0.1, -0.05) is 6.08 Å². The molecule has 0 saturated heterocycles. The van der Waals surface area contributed by atoms with Gasteiger partial charge in [0, 0.05) is 41.6 Å². The van der Waals surface area contributed by atoms with E-state index < -0.39 is 17.5 Å². The Morgan fingerprint density at radius 1 is 0.861 bits per heavy atom. The molecule has 0 saturated carbocycles. The number of aromatic nitrogens is 2. The van der Waals surface area contributed by atoms with Gasteiger partial charge >= 0.3 is 0 Å². The molecule has 180 valence electrons. The van der Waals surface area contributed by atoms with Crippen LogP contribution in [0.4, 0.5) is 13.2 Å². The van der Waals surface area contributed by atoms with Gasteiger partial charge in [0.15, 0.2) is 0 Å². The predicted octanol–water partition coefficient (Wildman–Crippen LogP) is 6.25. The lowest BCUT2D eigenvalue weighted by Crippen LogP contribution is -2.24. The molecule has 1 amide bonds. The van der Waals surface area contributed by atoms with Crippen LogP contribution in [0, 0.1) is 17.5 Å². The van der Waals surface area contributed by atoms with E-state index in [1.807, 2.05) is 6.08 Å². The molecule has 0 atom stereocenters. The SMILES string of the molecule is O=C(NCCCC1=NC=CC1)c1ccc2nc(-c3ccc(F)cc3)c(-c3cc(F)ccc3F)nc2c1. The normalized spacial score (nSPS) is 12.7. The third-order valence-electron chi connectivity index (χ3n) is 5.87. The first-order valence-electron chi connectivity index (χ1n) is 11.5. The number of hydrogen-bond acceptors (Lipinski definition) is 4. The Bertz CT molecular complexity index is 1510. The summed E-state index contributed by atoms with van der Waals surface area (Å²) in [6.07, 6.45) is 6.21. The van der Waals surface area contributed by atoms with Gasteiger partial charge in [0.05, 0.1) is 16.7 Å². The van der Waals surface area contributed by atoms with E-state index in [0.717, 1.165) is 43.2 Å². The largest absolute Gasteiger partial charge is 0.352 e. The van der Waals surface area contributed by atoms with Crippen LogP contribution in [0.2, 0.25) is 0 Å². The van der Waals surface area contributed by atoms with E-state index in [9.17, 15) is 18.0 Å². The van der Waals surface area contributed by atoms with E-state index in [1.165, 1.54) is 24.3 Å². The zero-order valence-corrected chi connectivity index (χ0v) is 19.1. The zero-order valence-electron chi connectivity index (χ0n) is 19.1. The summed E-state index contributed by atoms with van der Waals surface area (Å²) < 4.78 is 42.3. The fourth-order valence-electron chi connectivity index (χ4n) is 4.03. The molecular formula is C28H21F3N4O. The summed E-state index contributed by atoms with van der Waals surface area (Å²) in [6.45, 7) is 0.491. The minimum atomic E-state index is -0.677. The number of fused-ring (bicyclic) bond motifs is 1. The van der Waals surface area contributed by atoms with Crippen LogP contribution >= 0.6 is 0 Å². The Hall–Kier alpha value is -4.33. The molecule has 3 aromatic carbocycles. The molecule has 0 spiro atoms. The predicted molar refractivity (Wildman–Crippen MR) is 133 cm³/mol. The number of aliphatic imine (C=N–C) groups is 1. The van der Waals surface area contributed by atoms with Crippen LogP contribution in [0.1, 0.15) is 29.6 Å². The van der Waals surface area contributed by atoms with Crippen molar-refractivity contribution in [2.75, 3.05) is 6.54 Å². The molecule has 36 heavy (non-hydrogen) atoms. The van der Waals surface area contributed by atoms with E-state index >= 15 is 0 Å². The third kappa shape index (κ3) is 5.02. The van der Waals surface area contributed by atoms with Gasteiger partial charge in [-0.15, -0.1) is 0 Å². The van der Waals surface area contributed by atoms with Gasteiger partial charge in [-0.2, -0.15) is 0 Å². The van der Waals surface area contributed by atoms with Gasteiger partial charge < -0.3 is 5.32 Å². The van der Waals surface area contributed by atoms with E-state index in [-0.39, 0.29) is 22.9 Å². The number of nitrogens with zero attached hydrogens (tertiary/aromatic N) is 3. The lowest BCUT2D eigenvalue weighted by Gasteiger charge is -2.12. The molecule has 0 unspecified atom stereocenters. The minimum Gasteiger partial charge on any atom is -0.352 e. The minimum absolute atomic E-state index is 0.0807. The first-order chi connectivity index (χ1) is 17.5. The molecule has 1 N–H and O–H groups in total. The fourth-order valence-corrected chi connectivity index (χ4v) is 4.03. The van der Waals surface area contributed by atoms with Crippen molar-refractivity contribution < 1.29 is 18.0 Å². The highest BCUT2D eigenvalue weighted by Crippen LogP contribution is 2.33. The molecule has 1 aromatic heterocycles. The maximum Gasteiger partial charge on any atom is 0.251 e. The Kier molecular flexibility index (Phi) is 6.58. The number of hydrogen-bond donors (Lipinski definition) is 1. The van der Waals surface area contributed by atoms with Crippen molar-refractivity contribution in [3.63, 3.8) is 0 Å². The topological polar surface area (TPSA) is 67.2 Å². The van der Waals surface area contributed by atoms with Crippen molar-refractivity contribution in [3.8, 4) is 22.5 Å². The van der Waals surface area contributed by atoms with Crippen molar-refractivity contribution in [1.82, 2.24) is 15.3 Å². The summed E-state index contributed by atoms with van der Waals surface area (Å²) >= 11 is 0. The van der Waals surface area contributed by atoms with Crippen molar-refractivity contribution in [3.05, 3.63) is 96.0 Å². The number of carbonyl (C=O) groups excluding carboxylic acids is 1. The van der Waals surface area contributed by atoms with Crippen molar-refractivity contribution >= 4 is 22.7 Å². The fraction of sp³-hybridized carbons (Fsp3) is 0.143. The van der Waals surface area contributed by atoms with Gasteiger partial charge in [0.1, 0.15) is 23.1 Å². The van der Waals surface area contributed by atoms with Crippen molar-refractivity contribution in [2.24, 2.45) is 4.99 Å². The van der Waals surface area contributed by atoms with E-state index in [1.54, 1.807) is 24.4 Å². The second kappa shape index (κ2) is 10.1. The van der Waals surface area contributed by atoms with E-state index in [4.69, 9.17) is 0 Å². The number of amides is 1. The number of halogens is 3. The highest BCUT2D eigenvalue weighted by molar-refractivity contribution is 5.98. The summed E-state index contributed by atoms with van der Waals surface area (Å²) in [6, 6.07) is 13.4. The quantitative estimate of drug-likeness (QED) is 0.314. The van der Waals surface area contributed by atoms with Gasteiger partial charge in [-0.25, -0.2) is 23.1 Å². The summed E-state index contributed by atoms with van der Waals surface area (Å²) in [5, 5.41) is 2.89. The molecular weight excluding hydrogens is 465 g/mol. The molecule has 8 heteroatoms. The molecule has 1 aliphatic heterocycles. The molecule has 0 fully saturated rings. The third-order valence-corrected chi connectivity index (χ3v) is 5.87. The van der Waals surface area contributed by atoms with Crippen molar-refractivity contribution in [2.45, 2.75) is 19.3 Å². The summed E-state index contributed by atoms with van der Waals surface area (Å²) in [5.74, 6) is -2.02. The monoisotopic (exact) mass is 486 g/mol. The highest BCUT2D eigenvalue weighted by Gasteiger charge is 2.18. The number of allylic oxidation sites excluding steroid dienone is 1. The van der Waals surface area contributed by atoms with Crippen molar-refractivity contribution in [1.29, 1.82) is 0 Å². The van der Waals surface area contributed by atoms with E-state index in [0.29, 0.717) is 28.7 Å². The number of nitrogens with one attached hydrogen (secondary N) is 1. The van der Waals surface area contributed by atoms with E-state index in [2.05, 4.69) is 20.3 Å². The summed E-state index contributed by atoms with van der Waals surface area (Å²) in [4.78, 5) is 26.2. The molecule has 0 aliphatic carbocycles. The van der Waals surface area contributed by atoms with Crippen LogP contribution < -0.4 is 5.32 Å². The Balaban J connectivity index is 1.48. The van der Waals surface area contributed by atoms with Gasteiger partial charge in [0.25, 0.3) is 5.91 Å². The summed E-state index contributed by atoms with van der Waals surface area (Å²) in [7, 11) is 0. The maximum absolute atomic E-state index is 14.7. The van der Waals surface area contributed by atoms with Crippen LogP contribution in [0.5, 0.6) is 0 Å². The molecule has 0 bridgehead atoms. The number of carbonyl (C=O) groups is 1. The van der Waals surface area contributed by atoms with Gasteiger partial charge in [0.2, 0.25) is 0 Å². The smallest absolute Gasteiger partial charge is 0.251 e. The molecule has 2 heterocycles. The first kappa shape index (κ1) is 23.4. The molecule has 5 rings (SSSR count). The Morgan fingerprint density at radius 2 is 1.64 bits per heavy atom. The van der Waals surface area contributed by atoms with Crippen LogP contribution in [0.15, 0.2) is 77.9 Å². The summed E-state index contributed by atoms with van der Waals surface area (Å²) in [5.41, 5.74) is 3.05.